The molecular formula is C15H15N3O3. The van der Waals surface area contributed by atoms with Crippen LogP contribution in [0.1, 0.15) is 44.0 Å². The summed E-state index contributed by atoms with van der Waals surface area (Å²) in [7, 11) is 1.47. The highest BCUT2D eigenvalue weighted by Gasteiger charge is 2.17. The van der Waals surface area contributed by atoms with E-state index in [0.29, 0.717) is 12.0 Å². The van der Waals surface area contributed by atoms with Gasteiger partial charge in [-0.25, -0.2) is 4.98 Å². The number of hydrogen-bond donors (Lipinski definition) is 2. The Labute approximate surface area is 121 Å². The van der Waals surface area contributed by atoms with Crippen molar-refractivity contribution in [2.45, 2.75) is 13.0 Å². The quantitative estimate of drug-likeness (QED) is 0.819. The minimum absolute atomic E-state index is 0.0730. The Morgan fingerprint density at radius 2 is 2.05 bits per heavy atom. The van der Waals surface area contributed by atoms with E-state index in [2.05, 4.69) is 15.3 Å². The molecule has 2 aromatic rings. The fraction of sp³-hybridized carbons (Fsp3) is 0.200. The Morgan fingerprint density at radius 1 is 1.29 bits per heavy atom. The molecule has 2 aromatic heterocycles. The summed E-state index contributed by atoms with van der Waals surface area (Å²) in [5.41, 5.74) is 1.71. The first-order chi connectivity index (χ1) is 10.0. The third kappa shape index (κ3) is 3.29. The molecule has 6 heteroatoms. The molecule has 1 unspecified atom stereocenters. The molecule has 108 valence electrons. The highest BCUT2D eigenvalue weighted by molar-refractivity contribution is 5.93. The molecule has 21 heavy (non-hydrogen) atoms. The zero-order chi connectivity index (χ0) is 15.4. The molecule has 0 saturated carbocycles. The molecule has 0 aliphatic carbocycles. The minimum atomic E-state index is -1.10. The second-order valence-electron chi connectivity index (χ2n) is 4.51. The van der Waals surface area contributed by atoms with Crippen molar-refractivity contribution in [1.29, 1.82) is 0 Å². The van der Waals surface area contributed by atoms with Gasteiger partial charge in [0, 0.05) is 18.3 Å². The predicted molar refractivity (Wildman–Crippen MR) is 76.1 cm³/mol. The number of carbonyl (C=O) groups is 2. The third-order valence-corrected chi connectivity index (χ3v) is 2.93. The lowest BCUT2D eigenvalue weighted by atomic mass is 10.1. The normalized spacial score (nSPS) is 11.8. The molecule has 1 atom stereocenters. The van der Waals surface area contributed by atoms with Gasteiger partial charge in [-0.3, -0.25) is 14.6 Å². The summed E-state index contributed by atoms with van der Waals surface area (Å²) in [6, 6.07) is 8.04. The number of aryl methyl sites for hydroxylation is 1. The van der Waals surface area contributed by atoms with Crippen LogP contribution in [-0.2, 0) is 0 Å². The van der Waals surface area contributed by atoms with Gasteiger partial charge in [0.2, 0.25) is 0 Å². The molecule has 1 amide bonds. The first-order valence-corrected chi connectivity index (χ1v) is 6.36. The number of nitrogens with one attached hydrogen (secondary N) is 1. The van der Waals surface area contributed by atoms with Crippen LogP contribution in [0.5, 0.6) is 0 Å². The van der Waals surface area contributed by atoms with E-state index >= 15 is 0 Å². The van der Waals surface area contributed by atoms with Gasteiger partial charge in [-0.05, 0) is 31.2 Å². The van der Waals surface area contributed by atoms with Gasteiger partial charge in [0.1, 0.15) is 18.1 Å². The second kappa shape index (κ2) is 6.23. The van der Waals surface area contributed by atoms with Gasteiger partial charge in [0.05, 0.1) is 11.4 Å². The first-order valence-electron chi connectivity index (χ1n) is 6.36. The van der Waals surface area contributed by atoms with Crippen molar-refractivity contribution in [2.75, 3.05) is 7.05 Å². The topological polar surface area (TPSA) is 92.2 Å². The van der Waals surface area contributed by atoms with E-state index in [1.807, 2.05) is 0 Å². The number of pyridine rings is 2. The third-order valence-electron chi connectivity index (χ3n) is 2.93. The molecule has 2 rings (SSSR count). The van der Waals surface area contributed by atoms with Crippen LogP contribution in [0.4, 0.5) is 0 Å². The van der Waals surface area contributed by atoms with Crippen LogP contribution < -0.4 is 5.32 Å². The highest BCUT2D eigenvalue weighted by atomic mass is 16.3. The molecule has 0 aliphatic heterocycles. The van der Waals surface area contributed by atoms with Crippen molar-refractivity contribution in [3.05, 3.63) is 58.7 Å². The molecule has 2 heterocycles. The predicted octanol–water partition coefficient (Wildman–Crippen LogP) is 1.04. The number of aromatic nitrogens is 2. The Balaban J connectivity index is 2.47. The summed E-state index contributed by atoms with van der Waals surface area (Å²) >= 11 is 0. The number of aliphatic hydroxyl groups excluding tert-OH is 1. The number of amides is 1. The van der Waals surface area contributed by atoms with Crippen molar-refractivity contribution in [3.63, 3.8) is 0 Å². The van der Waals surface area contributed by atoms with Gasteiger partial charge in [0.15, 0.2) is 0 Å². The van der Waals surface area contributed by atoms with Crippen molar-refractivity contribution in [3.8, 4) is 0 Å². The smallest absolute Gasteiger partial charge is 0.269 e. The van der Waals surface area contributed by atoms with Crippen molar-refractivity contribution >= 4 is 12.2 Å². The molecule has 0 bridgehead atoms. The number of aldehydes is 1. The molecule has 0 spiro atoms. The number of nitrogens with zero attached hydrogens (tertiary/aromatic N) is 2. The fourth-order valence-corrected chi connectivity index (χ4v) is 1.89. The van der Waals surface area contributed by atoms with Crippen molar-refractivity contribution < 1.29 is 14.7 Å². The van der Waals surface area contributed by atoms with E-state index < -0.39 is 12.0 Å². The summed E-state index contributed by atoms with van der Waals surface area (Å²) in [6.07, 6.45) is -0.498. The maximum absolute atomic E-state index is 11.7. The Bertz CT molecular complexity index is 686. The largest absolute Gasteiger partial charge is 0.380 e. The second-order valence-corrected chi connectivity index (χ2v) is 4.51. The maximum atomic E-state index is 11.7. The van der Waals surface area contributed by atoms with Crippen LogP contribution >= 0.6 is 0 Å². The Kier molecular flexibility index (Phi) is 4.39. The zero-order valence-corrected chi connectivity index (χ0v) is 11.7. The molecule has 0 fully saturated rings. The van der Waals surface area contributed by atoms with E-state index in [0.717, 1.165) is 5.69 Å². The summed E-state index contributed by atoms with van der Waals surface area (Å²) < 4.78 is 0. The average Bonchev–Trinajstić information content (AvgIpc) is 2.52. The van der Waals surface area contributed by atoms with Crippen molar-refractivity contribution in [1.82, 2.24) is 15.3 Å². The molecule has 0 aromatic carbocycles. The lowest BCUT2D eigenvalue weighted by Gasteiger charge is -2.12. The van der Waals surface area contributed by atoms with Crippen LogP contribution in [0.3, 0.4) is 0 Å². The lowest BCUT2D eigenvalue weighted by Crippen LogP contribution is -2.21. The number of carbonyl (C=O) groups excluding carboxylic acids is 2. The minimum Gasteiger partial charge on any atom is -0.380 e. The van der Waals surface area contributed by atoms with E-state index in [9.17, 15) is 14.7 Å². The van der Waals surface area contributed by atoms with Gasteiger partial charge >= 0.3 is 0 Å². The molecule has 0 radical (unpaired) electrons. The summed E-state index contributed by atoms with van der Waals surface area (Å²) in [4.78, 5) is 31.0. The molecule has 0 saturated heterocycles. The fourth-order valence-electron chi connectivity index (χ4n) is 1.89. The Morgan fingerprint density at radius 3 is 2.67 bits per heavy atom. The molecular weight excluding hydrogens is 270 g/mol. The van der Waals surface area contributed by atoms with Crippen LogP contribution in [0.25, 0.3) is 0 Å². The zero-order valence-electron chi connectivity index (χ0n) is 11.7. The lowest BCUT2D eigenvalue weighted by molar-refractivity contribution is 0.0957. The summed E-state index contributed by atoms with van der Waals surface area (Å²) in [5, 5.41) is 12.8. The van der Waals surface area contributed by atoms with E-state index in [-0.39, 0.29) is 17.0 Å². The SMILES string of the molecule is CNC(=O)c1cc(C=O)cc(C(O)c2cccc(C)n2)n1. The summed E-state index contributed by atoms with van der Waals surface area (Å²) in [6.45, 7) is 1.81. The molecule has 6 nitrogen and oxygen atoms in total. The van der Waals surface area contributed by atoms with Crippen LogP contribution in [0.2, 0.25) is 0 Å². The number of hydrogen-bond acceptors (Lipinski definition) is 5. The number of aliphatic hydroxyl groups is 1. The van der Waals surface area contributed by atoms with Crippen molar-refractivity contribution in [2.24, 2.45) is 0 Å². The van der Waals surface area contributed by atoms with Gasteiger partial charge in [-0.2, -0.15) is 0 Å². The van der Waals surface area contributed by atoms with E-state index in [1.54, 1.807) is 25.1 Å². The molecule has 0 aliphatic rings. The Hall–Kier alpha value is -2.60. The van der Waals surface area contributed by atoms with E-state index in [1.165, 1.54) is 19.2 Å². The monoisotopic (exact) mass is 285 g/mol. The van der Waals surface area contributed by atoms with Gasteiger partial charge in [0.25, 0.3) is 5.91 Å². The highest BCUT2D eigenvalue weighted by Crippen LogP contribution is 2.20. The van der Waals surface area contributed by atoms with Crippen LogP contribution in [-0.4, -0.2) is 34.3 Å². The average molecular weight is 285 g/mol. The van der Waals surface area contributed by atoms with Crippen LogP contribution in [0.15, 0.2) is 30.3 Å². The molecule has 2 N–H and O–H groups in total. The first kappa shape index (κ1) is 14.8. The van der Waals surface area contributed by atoms with Gasteiger partial charge in [-0.15, -0.1) is 0 Å². The van der Waals surface area contributed by atoms with Gasteiger partial charge in [-0.1, -0.05) is 6.07 Å². The standard InChI is InChI=1S/C15H15N3O3/c1-9-4-3-5-11(17-9)14(20)12-6-10(8-19)7-13(18-12)15(21)16-2/h3-8,14,20H,1-2H3,(H,16,21). The number of rotatable bonds is 4. The summed E-state index contributed by atoms with van der Waals surface area (Å²) in [5.74, 6) is -0.427. The van der Waals surface area contributed by atoms with E-state index in [4.69, 9.17) is 0 Å². The van der Waals surface area contributed by atoms with Crippen LogP contribution in [0, 0.1) is 6.92 Å². The maximum Gasteiger partial charge on any atom is 0.269 e. The van der Waals surface area contributed by atoms with Gasteiger partial charge < -0.3 is 10.4 Å².